The van der Waals surface area contributed by atoms with Gasteiger partial charge in [-0.3, -0.25) is 9.59 Å². The van der Waals surface area contributed by atoms with E-state index in [1.165, 1.54) is 12.1 Å². The van der Waals surface area contributed by atoms with Crippen LogP contribution in [-0.2, 0) is 6.54 Å². The Balaban J connectivity index is 2.15. The van der Waals surface area contributed by atoms with Crippen molar-refractivity contribution >= 4 is 5.91 Å². The van der Waals surface area contributed by atoms with Crippen molar-refractivity contribution in [2.24, 2.45) is 0 Å². The molecule has 0 aliphatic heterocycles. The minimum Gasteiger partial charge on any atom is -0.456 e. The molecule has 112 valence electrons. The highest BCUT2D eigenvalue weighted by Gasteiger charge is 2.18. The highest BCUT2D eigenvalue weighted by Crippen LogP contribution is 2.11. The summed E-state index contributed by atoms with van der Waals surface area (Å²) in [5.41, 5.74) is -0.259. The molecule has 0 radical (unpaired) electrons. The Morgan fingerprint density at radius 1 is 1.48 bits per heavy atom. The van der Waals surface area contributed by atoms with Gasteiger partial charge in [0, 0.05) is 18.7 Å². The van der Waals surface area contributed by atoms with Crippen LogP contribution in [0.3, 0.4) is 0 Å². The predicted molar refractivity (Wildman–Crippen MR) is 75.9 cm³/mol. The van der Waals surface area contributed by atoms with Crippen molar-refractivity contribution in [3.05, 3.63) is 46.0 Å². The van der Waals surface area contributed by atoms with Crippen molar-refractivity contribution < 1.29 is 9.21 Å². The van der Waals surface area contributed by atoms with Gasteiger partial charge in [-0.1, -0.05) is 6.92 Å². The van der Waals surface area contributed by atoms with E-state index in [1.54, 1.807) is 13.3 Å². The third kappa shape index (κ3) is 3.56. The molecule has 21 heavy (non-hydrogen) atoms. The minimum absolute atomic E-state index is 0.00610. The average Bonchev–Trinajstić information content (AvgIpc) is 2.86. The second-order valence-corrected chi connectivity index (χ2v) is 4.85. The number of hydrogen-bond acceptors (Lipinski definition) is 5. The molecule has 0 aliphatic carbocycles. The normalized spacial score (nSPS) is 12.1. The smallest absolute Gasteiger partial charge is 0.287 e. The molecule has 0 fully saturated rings. The van der Waals surface area contributed by atoms with Crippen molar-refractivity contribution in [2.45, 2.75) is 39.8 Å². The van der Waals surface area contributed by atoms with E-state index >= 15 is 0 Å². The molecule has 7 nitrogen and oxygen atoms in total. The van der Waals surface area contributed by atoms with Crippen molar-refractivity contribution in [1.82, 2.24) is 20.1 Å². The number of carbonyl (C=O) groups excluding carboxylic acids is 1. The average molecular weight is 290 g/mol. The lowest BCUT2D eigenvalue weighted by atomic mass is 10.2. The maximum absolute atomic E-state index is 12.1. The Morgan fingerprint density at radius 3 is 2.90 bits per heavy atom. The molecular weight excluding hydrogens is 272 g/mol. The molecule has 0 saturated heterocycles. The summed E-state index contributed by atoms with van der Waals surface area (Å²) >= 11 is 0. The standard InChI is InChI=1S/C14H18N4O3/c1-4-5-18-8-15-17-13(18)10(3)16-14(20)12-7-11(19)6-9(2)21-12/h6-8,10H,4-5H2,1-3H3,(H,16,20)/t10-/m1/s1. The fraction of sp³-hybridized carbons (Fsp3) is 0.429. The maximum atomic E-state index is 12.1. The molecule has 2 heterocycles. The van der Waals surface area contributed by atoms with Crippen LogP contribution in [0.2, 0.25) is 0 Å². The zero-order chi connectivity index (χ0) is 15.4. The monoisotopic (exact) mass is 290 g/mol. The first-order chi connectivity index (χ1) is 10.0. The number of rotatable bonds is 5. The zero-order valence-electron chi connectivity index (χ0n) is 12.3. The second kappa shape index (κ2) is 6.34. The summed E-state index contributed by atoms with van der Waals surface area (Å²) in [6.45, 7) is 6.26. The highest BCUT2D eigenvalue weighted by molar-refractivity contribution is 5.91. The fourth-order valence-electron chi connectivity index (χ4n) is 2.06. The summed E-state index contributed by atoms with van der Waals surface area (Å²) < 4.78 is 7.15. The minimum atomic E-state index is -0.450. The summed E-state index contributed by atoms with van der Waals surface area (Å²) in [6, 6.07) is 2.17. The molecular formula is C14H18N4O3. The molecule has 0 aromatic carbocycles. The molecule has 2 aromatic heterocycles. The van der Waals surface area contributed by atoms with Crippen molar-refractivity contribution in [3.8, 4) is 0 Å². The molecule has 1 N–H and O–H groups in total. The van der Waals surface area contributed by atoms with Gasteiger partial charge in [0.25, 0.3) is 5.91 Å². The van der Waals surface area contributed by atoms with Gasteiger partial charge in [0.15, 0.2) is 17.0 Å². The Morgan fingerprint density at radius 2 is 2.24 bits per heavy atom. The molecule has 0 spiro atoms. The number of carbonyl (C=O) groups is 1. The van der Waals surface area contributed by atoms with Crippen molar-refractivity contribution in [2.75, 3.05) is 0 Å². The van der Waals surface area contributed by atoms with Crippen LogP contribution in [0.1, 0.15) is 48.4 Å². The van der Waals surface area contributed by atoms with Crippen LogP contribution in [0.5, 0.6) is 0 Å². The Labute approximate surface area is 122 Å². The first-order valence-electron chi connectivity index (χ1n) is 6.81. The van der Waals surface area contributed by atoms with Gasteiger partial charge in [-0.2, -0.15) is 0 Å². The van der Waals surface area contributed by atoms with Crippen molar-refractivity contribution in [3.63, 3.8) is 0 Å². The van der Waals surface area contributed by atoms with Gasteiger partial charge in [-0.25, -0.2) is 0 Å². The number of amides is 1. The number of aromatic nitrogens is 3. The van der Waals surface area contributed by atoms with Gasteiger partial charge >= 0.3 is 0 Å². The van der Waals surface area contributed by atoms with E-state index < -0.39 is 5.91 Å². The summed E-state index contributed by atoms with van der Waals surface area (Å²) in [4.78, 5) is 23.5. The topological polar surface area (TPSA) is 90.0 Å². The van der Waals surface area contributed by atoms with Crippen molar-refractivity contribution in [1.29, 1.82) is 0 Å². The van der Waals surface area contributed by atoms with Gasteiger partial charge in [0.2, 0.25) is 0 Å². The van der Waals surface area contributed by atoms with Gasteiger partial charge in [-0.15, -0.1) is 10.2 Å². The maximum Gasteiger partial charge on any atom is 0.287 e. The van der Waals surface area contributed by atoms with Crippen LogP contribution in [0, 0.1) is 6.92 Å². The lowest BCUT2D eigenvalue weighted by molar-refractivity contribution is 0.0905. The number of aryl methyl sites for hydroxylation is 2. The Hall–Kier alpha value is -2.44. The first-order valence-corrected chi connectivity index (χ1v) is 6.81. The molecule has 2 aromatic rings. The molecule has 1 atom stereocenters. The van der Waals surface area contributed by atoms with E-state index in [1.807, 2.05) is 11.5 Å². The SMILES string of the molecule is CCCn1cnnc1[C@@H](C)NC(=O)c1cc(=O)cc(C)o1. The fourth-order valence-corrected chi connectivity index (χ4v) is 2.06. The van der Waals surface area contributed by atoms with Gasteiger partial charge in [0.1, 0.15) is 12.1 Å². The van der Waals surface area contributed by atoms with E-state index in [9.17, 15) is 9.59 Å². The summed E-state index contributed by atoms with van der Waals surface area (Å²) in [5, 5.41) is 10.6. The van der Waals surface area contributed by atoms with Crippen LogP contribution < -0.4 is 10.7 Å². The van der Waals surface area contributed by atoms with Crippen LogP contribution in [0.25, 0.3) is 0 Å². The Bertz CT molecular complexity index is 690. The zero-order valence-corrected chi connectivity index (χ0v) is 12.3. The molecule has 0 aliphatic rings. The predicted octanol–water partition coefficient (Wildman–Crippen LogP) is 1.44. The Kier molecular flexibility index (Phi) is 4.52. The summed E-state index contributed by atoms with van der Waals surface area (Å²) in [6.07, 6.45) is 2.58. The van der Waals surface area contributed by atoms with E-state index in [0.29, 0.717) is 11.6 Å². The van der Waals surface area contributed by atoms with Crippen LogP contribution in [0.4, 0.5) is 0 Å². The van der Waals surface area contributed by atoms with E-state index in [4.69, 9.17) is 4.42 Å². The third-order valence-electron chi connectivity index (χ3n) is 2.96. The van der Waals surface area contributed by atoms with Crippen LogP contribution in [0.15, 0.2) is 27.7 Å². The van der Waals surface area contributed by atoms with E-state index in [0.717, 1.165) is 13.0 Å². The van der Waals surface area contributed by atoms with Gasteiger partial charge in [0.05, 0.1) is 6.04 Å². The summed E-state index contributed by atoms with van der Waals surface area (Å²) in [7, 11) is 0. The van der Waals surface area contributed by atoms with Gasteiger partial charge < -0.3 is 14.3 Å². The molecule has 0 bridgehead atoms. The molecule has 1 amide bonds. The number of nitrogens with one attached hydrogen (secondary N) is 1. The molecule has 0 unspecified atom stereocenters. The highest BCUT2D eigenvalue weighted by atomic mass is 16.3. The lowest BCUT2D eigenvalue weighted by Gasteiger charge is -2.14. The quantitative estimate of drug-likeness (QED) is 0.900. The second-order valence-electron chi connectivity index (χ2n) is 4.85. The lowest BCUT2D eigenvalue weighted by Crippen LogP contribution is -2.29. The van der Waals surface area contributed by atoms with Crippen LogP contribution >= 0.6 is 0 Å². The largest absolute Gasteiger partial charge is 0.456 e. The van der Waals surface area contributed by atoms with E-state index in [2.05, 4.69) is 22.4 Å². The van der Waals surface area contributed by atoms with Gasteiger partial charge in [-0.05, 0) is 20.3 Å². The number of nitrogens with zero attached hydrogens (tertiary/aromatic N) is 3. The van der Waals surface area contributed by atoms with E-state index in [-0.39, 0.29) is 17.2 Å². The molecule has 7 heteroatoms. The third-order valence-corrected chi connectivity index (χ3v) is 2.96. The molecule has 0 saturated carbocycles. The van der Waals surface area contributed by atoms with Crippen LogP contribution in [-0.4, -0.2) is 20.7 Å². The summed E-state index contributed by atoms with van der Waals surface area (Å²) in [5.74, 6) is 0.609. The molecule has 2 rings (SSSR count). The number of hydrogen-bond donors (Lipinski definition) is 1. The first kappa shape index (κ1) is 15.0.